The molecule has 0 saturated heterocycles. The molecule has 4 rings (SSSR count). The van der Waals surface area contributed by atoms with Crippen molar-refractivity contribution in [3.05, 3.63) is 65.7 Å². The predicted molar refractivity (Wildman–Crippen MR) is 104 cm³/mol. The summed E-state index contributed by atoms with van der Waals surface area (Å²) in [5, 5.41) is 2.93. The maximum absolute atomic E-state index is 12.9. The Balaban J connectivity index is 1.40. The van der Waals surface area contributed by atoms with Gasteiger partial charge < -0.3 is 9.88 Å². The van der Waals surface area contributed by atoms with Gasteiger partial charge in [0.25, 0.3) is 5.91 Å². The lowest BCUT2D eigenvalue weighted by Gasteiger charge is -2.23. The molecule has 1 fully saturated rings. The van der Waals surface area contributed by atoms with Gasteiger partial charge in [-0.3, -0.25) is 4.79 Å². The molecular formula is C22H24FN3O. The summed E-state index contributed by atoms with van der Waals surface area (Å²) in [6.07, 6.45) is 8.87. The number of imidazole rings is 1. The lowest BCUT2D eigenvalue weighted by molar-refractivity contribution is 0.0954. The molecule has 1 aliphatic carbocycles. The van der Waals surface area contributed by atoms with Crippen molar-refractivity contribution < 1.29 is 9.18 Å². The van der Waals surface area contributed by atoms with Gasteiger partial charge in [-0.05, 0) is 55.2 Å². The number of halogens is 1. The number of amides is 1. The van der Waals surface area contributed by atoms with Gasteiger partial charge in [-0.15, -0.1) is 0 Å². The zero-order chi connectivity index (χ0) is 18.6. The van der Waals surface area contributed by atoms with Crippen LogP contribution in [0.4, 0.5) is 4.39 Å². The Hall–Kier alpha value is -2.69. The molecule has 0 radical (unpaired) electrons. The molecule has 1 N–H and O–H groups in total. The first-order valence-corrected chi connectivity index (χ1v) is 9.70. The van der Waals surface area contributed by atoms with Gasteiger partial charge >= 0.3 is 0 Å². The van der Waals surface area contributed by atoms with E-state index in [1.165, 1.54) is 44.2 Å². The summed E-state index contributed by atoms with van der Waals surface area (Å²) >= 11 is 0. The average Bonchev–Trinajstić information content (AvgIpc) is 3.13. The molecule has 1 aliphatic rings. The second-order valence-corrected chi connectivity index (χ2v) is 7.28. The van der Waals surface area contributed by atoms with E-state index in [-0.39, 0.29) is 11.7 Å². The maximum Gasteiger partial charge on any atom is 0.251 e. The number of rotatable bonds is 5. The largest absolute Gasteiger partial charge is 0.352 e. The summed E-state index contributed by atoms with van der Waals surface area (Å²) in [6, 6.07) is 12.6. The Kier molecular flexibility index (Phi) is 5.19. The van der Waals surface area contributed by atoms with Gasteiger partial charge in [0.05, 0.1) is 17.4 Å². The van der Waals surface area contributed by atoms with Crippen LogP contribution in [0.1, 0.15) is 54.1 Å². The highest BCUT2D eigenvalue weighted by atomic mass is 19.1. The van der Waals surface area contributed by atoms with E-state index in [2.05, 4.69) is 14.9 Å². The van der Waals surface area contributed by atoms with E-state index in [0.29, 0.717) is 24.6 Å². The summed E-state index contributed by atoms with van der Waals surface area (Å²) in [6.45, 7) is 0.513. The van der Waals surface area contributed by atoms with Gasteiger partial charge in [0.2, 0.25) is 0 Å². The van der Waals surface area contributed by atoms with Gasteiger partial charge in [0, 0.05) is 18.2 Å². The predicted octanol–water partition coefficient (Wildman–Crippen LogP) is 4.65. The number of carbonyl (C=O) groups excluding carboxylic acids is 1. The minimum absolute atomic E-state index is 0.105. The fourth-order valence-corrected chi connectivity index (χ4v) is 3.90. The molecule has 1 saturated carbocycles. The number of benzene rings is 2. The summed E-state index contributed by atoms with van der Waals surface area (Å²) in [5.74, 6) is -0.352. The minimum Gasteiger partial charge on any atom is -0.352 e. The van der Waals surface area contributed by atoms with E-state index < -0.39 is 0 Å². The number of carbonyl (C=O) groups is 1. The smallest absolute Gasteiger partial charge is 0.251 e. The van der Waals surface area contributed by atoms with Crippen molar-refractivity contribution in [3.63, 3.8) is 0 Å². The van der Waals surface area contributed by atoms with Gasteiger partial charge in [-0.25, -0.2) is 9.37 Å². The molecule has 1 heterocycles. The van der Waals surface area contributed by atoms with Crippen LogP contribution in [0.2, 0.25) is 0 Å². The molecule has 3 aromatic rings. The van der Waals surface area contributed by atoms with Gasteiger partial charge in [-0.1, -0.05) is 31.4 Å². The fraction of sp³-hybridized carbons (Fsp3) is 0.364. The lowest BCUT2D eigenvalue weighted by atomic mass is 9.95. The Morgan fingerprint density at radius 3 is 2.67 bits per heavy atom. The van der Waals surface area contributed by atoms with E-state index in [0.717, 1.165) is 16.6 Å². The highest BCUT2D eigenvalue weighted by Crippen LogP contribution is 2.30. The SMILES string of the molecule is O=C(NCCc1ccc(F)cc1)c1ccc2c(c1)ncn2C1CCCCC1. The van der Waals surface area contributed by atoms with Crippen LogP contribution < -0.4 is 5.32 Å². The van der Waals surface area contributed by atoms with Crippen molar-refractivity contribution in [2.24, 2.45) is 0 Å². The quantitative estimate of drug-likeness (QED) is 0.715. The normalized spacial score (nSPS) is 15.1. The van der Waals surface area contributed by atoms with E-state index >= 15 is 0 Å². The van der Waals surface area contributed by atoms with Crippen LogP contribution >= 0.6 is 0 Å². The van der Waals surface area contributed by atoms with E-state index in [4.69, 9.17) is 0 Å². The molecule has 2 aromatic carbocycles. The summed E-state index contributed by atoms with van der Waals surface area (Å²) < 4.78 is 15.2. The molecular weight excluding hydrogens is 341 g/mol. The topological polar surface area (TPSA) is 46.9 Å². The number of nitrogens with one attached hydrogen (secondary N) is 1. The van der Waals surface area contributed by atoms with Crippen LogP contribution in [0.3, 0.4) is 0 Å². The monoisotopic (exact) mass is 365 g/mol. The molecule has 0 bridgehead atoms. The summed E-state index contributed by atoms with van der Waals surface area (Å²) in [4.78, 5) is 17.0. The van der Waals surface area contributed by atoms with Crippen molar-refractivity contribution in [2.75, 3.05) is 6.54 Å². The third-order valence-corrected chi connectivity index (χ3v) is 5.42. The maximum atomic E-state index is 12.9. The Bertz CT molecular complexity index is 926. The van der Waals surface area contributed by atoms with E-state index in [9.17, 15) is 9.18 Å². The van der Waals surface area contributed by atoms with Crippen LogP contribution in [0.15, 0.2) is 48.8 Å². The van der Waals surface area contributed by atoms with Gasteiger partial charge in [0.1, 0.15) is 5.82 Å². The second-order valence-electron chi connectivity index (χ2n) is 7.28. The van der Waals surface area contributed by atoms with Crippen molar-refractivity contribution in [2.45, 2.75) is 44.6 Å². The fourth-order valence-electron chi connectivity index (χ4n) is 3.90. The van der Waals surface area contributed by atoms with Crippen LogP contribution in [0, 0.1) is 5.82 Å². The van der Waals surface area contributed by atoms with Gasteiger partial charge in [0.15, 0.2) is 0 Å². The molecule has 0 spiro atoms. The minimum atomic E-state index is -0.247. The average molecular weight is 365 g/mol. The Morgan fingerprint density at radius 2 is 1.89 bits per heavy atom. The first kappa shape index (κ1) is 17.7. The third-order valence-electron chi connectivity index (χ3n) is 5.42. The number of hydrogen-bond acceptors (Lipinski definition) is 2. The Morgan fingerprint density at radius 1 is 1.11 bits per heavy atom. The molecule has 4 nitrogen and oxygen atoms in total. The van der Waals surface area contributed by atoms with Crippen molar-refractivity contribution >= 4 is 16.9 Å². The first-order valence-electron chi connectivity index (χ1n) is 9.70. The molecule has 0 aliphatic heterocycles. The van der Waals surface area contributed by atoms with Crippen molar-refractivity contribution in [1.82, 2.24) is 14.9 Å². The summed E-state index contributed by atoms with van der Waals surface area (Å²) in [5.41, 5.74) is 3.59. The second kappa shape index (κ2) is 7.91. The van der Waals surface area contributed by atoms with E-state index in [1.807, 2.05) is 24.5 Å². The van der Waals surface area contributed by atoms with Crippen molar-refractivity contribution in [1.29, 1.82) is 0 Å². The molecule has 0 unspecified atom stereocenters. The van der Waals surface area contributed by atoms with Crippen molar-refractivity contribution in [3.8, 4) is 0 Å². The lowest BCUT2D eigenvalue weighted by Crippen LogP contribution is -2.25. The molecule has 5 heteroatoms. The molecule has 1 aromatic heterocycles. The van der Waals surface area contributed by atoms with Crippen LogP contribution in [-0.2, 0) is 6.42 Å². The zero-order valence-electron chi connectivity index (χ0n) is 15.3. The Labute approximate surface area is 158 Å². The standard InChI is InChI=1S/C22H24FN3O/c23-18-9-6-16(7-10-18)12-13-24-22(27)17-8-11-21-20(14-17)25-15-26(21)19-4-2-1-3-5-19/h6-11,14-15,19H,1-5,12-13H2,(H,24,27). The number of hydrogen-bond donors (Lipinski definition) is 1. The molecule has 0 atom stereocenters. The molecule has 1 amide bonds. The first-order chi connectivity index (χ1) is 13.2. The number of aromatic nitrogens is 2. The van der Waals surface area contributed by atoms with Crippen LogP contribution in [0.25, 0.3) is 11.0 Å². The summed E-state index contributed by atoms with van der Waals surface area (Å²) in [7, 11) is 0. The van der Waals surface area contributed by atoms with Gasteiger partial charge in [-0.2, -0.15) is 0 Å². The molecule has 27 heavy (non-hydrogen) atoms. The highest BCUT2D eigenvalue weighted by molar-refractivity contribution is 5.97. The van der Waals surface area contributed by atoms with Crippen LogP contribution in [-0.4, -0.2) is 22.0 Å². The van der Waals surface area contributed by atoms with E-state index in [1.54, 1.807) is 12.1 Å². The highest BCUT2D eigenvalue weighted by Gasteiger charge is 2.18. The molecule has 140 valence electrons. The van der Waals surface area contributed by atoms with Crippen LogP contribution in [0.5, 0.6) is 0 Å². The number of fused-ring (bicyclic) bond motifs is 1. The zero-order valence-corrected chi connectivity index (χ0v) is 15.3. The number of nitrogens with zero attached hydrogens (tertiary/aromatic N) is 2. The third kappa shape index (κ3) is 4.02.